The first-order chi connectivity index (χ1) is 20.9. The fourth-order valence-electron chi connectivity index (χ4n) is 4.86. The highest BCUT2D eigenvalue weighted by Gasteiger charge is 2.36. The Bertz CT molecular complexity index is 1510. The number of rotatable bonds is 11. The number of fused-ring (bicyclic) bond motifs is 1. The van der Waals surface area contributed by atoms with Gasteiger partial charge >= 0.3 is 5.97 Å². The normalized spacial score (nSPS) is 16.4. The van der Waals surface area contributed by atoms with Crippen LogP contribution in [0.3, 0.4) is 0 Å². The SMILES string of the molecule is CCOC(=O)C1=C(C)Nc2nc(SCc3ccccc3Cl)nn2C1c1ccc(OCC(=O)N2CCOCC2)c(OCC)c1. The van der Waals surface area contributed by atoms with Crippen molar-refractivity contribution in [2.45, 2.75) is 37.7 Å². The van der Waals surface area contributed by atoms with Crippen LogP contribution in [0.1, 0.15) is 37.9 Å². The van der Waals surface area contributed by atoms with Crippen molar-refractivity contribution in [3.8, 4) is 11.5 Å². The Balaban J connectivity index is 1.45. The Morgan fingerprint density at radius 2 is 1.88 bits per heavy atom. The molecule has 0 bridgehead atoms. The molecular formula is C30H34ClN5O6S. The number of anilines is 1. The van der Waals surface area contributed by atoms with Crippen LogP contribution in [0.4, 0.5) is 5.95 Å². The van der Waals surface area contributed by atoms with E-state index in [2.05, 4.69) is 5.32 Å². The smallest absolute Gasteiger partial charge is 0.338 e. The third-order valence-electron chi connectivity index (χ3n) is 6.94. The number of hydrogen-bond donors (Lipinski definition) is 1. The number of aromatic nitrogens is 3. The van der Waals surface area contributed by atoms with Crippen LogP contribution >= 0.6 is 23.4 Å². The number of amides is 1. The van der Waals surface area contributed by atoms with Gasteiger partial charge in [-0.1, -0.05) is 47.6 Å². The topological polar surface area (TPSA) is 117 Å². The molecule has 1 atom stereocenters. The standard InChI is InChI=1S/C30H34ClN5O6S/c1-4-40-24-16-20(10-11-23(24)42-17-25(37)35-12-14-39-15-13-35)27-26(28(38)41-5-2)19(3)32-29-33-30(34-36(27)29)43-18-21-8-6-7-9-22(21)31/h6-11,16,27H,4-5,12-15,17-18H2,1-3H3,(H,32,33,34). The van der Waals surface area contributed by atoms with Crippen LogP contribution in [0.15, 0.2) is 58.9 Å². The summed E-state index contributed by atoms with van der Waals surface area (Å²) in [6, 6.07) is 12.4. The third-order valence-corrected chi connectivity index (χ3v) is 8.20. The summed E-state index contributed by atoms with van der Waals surface area (Å²) in [5.41, 5.74) is 2.70. The van der Waals surface area contributed by atoms with E-state index < -0.39 is 12.0 Å². The average Bonchev–Trinajstić information content (AvgIpc) is 3.42. The van der Waals surface area contributed by atoms with Gasteiger partial charge in [-0.05, 0) is 50.1 Å². The molecule has 43 heavy (non-hydrogen) atoms. The van der Waals surface area contributed by atoms with E-state index in [1.54, 1.807) is 22.6 Å². The molecule has 1 saturated heterocycles. The van der Waals surface area contributed by atoms with Gasteiger partial charge in [-0.15, -0.1) is 5.10 Å². The molecule has 0 spiro atoms. The number of ether oxygens (including phenoxy) is 4. The highest BCUT2D eigenvalue weighted by Crippen LogP contribution is 2.40. The second-order valence-electron chi connectivity index (χ2n) is 9.75. The summed E-state index contributed by atoms with van der Waals surface area (Å²) in [7, 11) is 0. The maximum atomic E-state index is 13.3. The van der Waals surface area contributed by atoms with E-state index in [0.717, 1.165) is 5.56 Å². The van der Waals surface area contributed by atoms with Gasteiger partial charge in [0.1, 0.15) is 6.04 Å². The van der Waals surface area contributed by atoms with E-state index in [0.29, 0.717) is 83.1 Å². The zero-order valence-corrected chi connectivity index (χ0v) is 25.9. The molecule has 3 heterocycles. The number of nitrogens with zero attached hydrogens (tertiary/aromatic N) is 4. The predicted octanol–water partition coefficient (Wildman–Crippen LogP) is 4.71. The van der Waals surface area contributed by atoms with E-state index in [1.807, 2.05) is 50.2 Å². The lowest BCUT2D eigenvalue weighted by atomic mass is 9.95. The minimum absolute atomic E-state index is 0.120. The molecule has 5 rings (SSSR count). The lowest BCUT2D eigenvalue weighted by molar-refractivity contribution is -0.139. The maximum absolute atomic E-state index is 13.3. The molecule has 1 amide bonds. The Hall–Kier alpha value is -3.74. The van der Waals surface area contributed by atoms with E-state index in [1.165, 1.54) is 11.8 Å². The van der Waals surface area contributed by atoms with Gasteiger partial charge in [0.25, 0.3) is 5.91 Å². The van der Waals surface area contributed by atoms with Crippen LogP contribution in [0.5, 0.6) is 11.5 Å². The molecule has 0 saturated carbocycles. The van der Waals surface area contributed by atoms with Crippen LogP contribution in [0.2, 0.25) is 5.02 Å². The van der Waals surface area contributed by atoms with Crippen molar-refractivity contribution in [1.82, 2.24) is 19.7 Å². The molecule has 2 aliphatic heterocycles. The summed E-state index contributed by atoms with van der Waals surface area (Å²) in [4.78, 5) is 32.4. The van der Waals surface area contributed by atoms with Crippen molar-refractivity contribution < 1.29 is 28.5 Å². The van der Waals surface area contributed by atoms with Crippen molar-refractivity contribution in [3.05, 3.63) is 69.9 Å². The first-order valence-electron chi connectivity index (χ1n) is 14.1. The van der Waals surface area contributed by atoms with Crippen LogP contribution in [0.25, 0.3) is 0 Å². The first-order valence-corrected chi connectivity index (χ1v) is 15.5. The third kappa shape index (κ3) is 7.09. The molecule has 1 unspecified atom stereocenters. The van der Waals surface area contributed by atoms with Crippen molar-refractivity contribution in [1.29, 1.82) is 0 Å². The Morgan fingerprint density at radius 1 is 1.09 bits per heavy atom. The van der Waals surface area contributed by atoms with Crippen molar-refractivity contribution in [2.75, 3.05) is 51.4 Å². The number of allylic oxidation sites excluding steroid dienone is 1. The van der Waals surface area contributed by atoms with Crippen molar-refractivity contribution in [2.24, 2.45) is 0 Å². The quantitative estimate of drug-likeness (QED) is 0.237. The number of esters is 1. The van der Waals surface area contributed by atoms with Gasteiger partial charge in [0.2, 0.25) is 11.1 Å². The number of carbonyl (C=O) groups is 2. The first kappa shape index (κ1) is 30.7. The second kappa shape index (κ2) is 14.2. The molecule has 1 N–H and O–H groups in total. The van der Waals surface area contributed by atoms with Gasteiger partial charge in [-0.3, -0.25) is 4.79 Å². The second-order valence-corrected chi connectivity index (χ2v) is 11.1. The van der Waals surface area contributed by atoms with Gasteiger partial charge in [-0.25, -0.2) is 9.48 Å². The molecule has 228 valence electrons. The zero-order chi connectivity index (χ0) is 30.3. The fraction of sp³-hybridized carbons (Fsp3) is 0.400. The molecule has 0 radical (unpaired) electrons. The molecule has 0 aliphatic carbocycles. The van der Waals surface area contributed by atoms with Gasteiger partial charge < -0.3 is 29.2 Å². The van der Waals surface area contributed by atoms with Gasteiger partial charge in [-0.2, -0.15) is 4.98 Å². The van der Waals surface area contributed by atoms with E-state index >= 15 is 0 Å². The number of nitrogens with one attached hydrogen (secondary N) is 1. The van der Waals surface area contributed by atoms with Crippen molar-refractivity contribution >= 4 is 41.2 Å². The number of carbonyl (C=O) groups excluding carboxylic acids is 2. The molecular weight excluding hydrogens is 594 g/mol. The minimum Gasteiger partial charge on any atom is -0.490 e. The molecule has 1 aromatic heterocycles. The summed E-state index contributed by atoms with van der Waals surface area (Å²) in [5, 5.41) is 9.19. The number of hydrogen-bond acceptors (Lipinski definition) is 10. The summed E-state index contributed by atoms with van der Waals surface area (Å²) < 4.78 is 24.3. The zero-order valence-electron chi connectivity index (χ0n) is 24.3. The monoisotopic (exact) mass is 627 g/mol. The van der Waals surface area contributed by atoms with E-state index in [9.17, 15) is 9.59 Å². The molecule has 11 nitrogen and oxygen atoms in total. The van der Waals surface area contributed by atoms with Crippen LogP contribution in [0, 0.1) is 0 Å². The van der Waals surface area contributed by atoms with Crippen LogP contribution in [-0.4, -0.2) is 77.7 Å². The summed E-state index contributed by atoms with van der Waals surface area (Å²) >= 11 is 7.80. The van der Waals surface area contributed by atoms with E-state index in [-0.39, 0.29) is 19.1 Å². The number of benzene rings is 2. The van der Waals surface area contributed by atoms with Gasteiger partial charge in [0.15, 0.2) is 18.1 Å². The largest absolute Gasteiger partial charge is 0.490 e. The van der Waals surface area contributed by atoms with Crippen molar-refractivity contribution in [3.63, 3.8) is 0 Å². The summed E-state index contributed by atoms with van der Waals surface area (Å²) in [6.45, 7) is 8.02. The minimum atomic E-state index is -0.652. The Labute approximate surface area is 259 Å². The van der Waals surface area contributed by atoms with Crippen LogP contribution < -0.4 is 14.8 Å². The predicted molar refractivity (Wildman–Crippen MR) is 163 cm³/mol. The molecule has 1 fully saturated rings. The molecule has 2 aliphatic rings. The highest BCUT2D eigenvalue weighted by molar-refractivity contribution is 7.98. The fourth-order valence-corrected chi connectivity index (χ4v) is 5.97. The number of morpholine rings is 1. The Kier molecular flexibility index (Phi) is 10.1. The summed E-state index contributed by atoms with van der Waals surface area (Å²) in [6.07, 6.45) is 0. The molecule has 2 aromatic carbocycles. The molecule has 3 aromatic rings. The average molecular weight is 628 g/mol. The van der Waals surface area contributed by atoms with Gasteiger partial charge in [0.05, 0.1) is 32.0 Å². The lowest BCUT2D eigenvalue weighted by Crippen LogP contribution is -2.43. The summed E-state index contributed by atoms with van der Waals surface area (Å²) in [5.74, 6) is 1.36. The number of thioether (sulfide) groups is 1. The lowest BCUT2D eigenvalue weighted by Gasteiger charge is -2.28. The van der Waals surface area contributed by atoms with Gasteiger partial charge in [0, 0.05) is 29.6 Å². The number of halogens is 1. The highest BCUT2D eigenvalue weighted by atomic mass is 35.5. The van der Waals surface area contributed by atoms with Crippen LogP contribution in [-0.2, 0) is 24.8 Å². The van der Waals surface area contributed by atoms with E-state index in [4.69, 9.17) is 40.6 Å². The Morgan fingerprint density at radius 3 is 2.63 bits per heavy atom. The molecule has 13 heteroatoms. The maximum Gasteiger partial charge on any atom is 0.338 e.